The highest BCUT2D eigenvalue weighted by Crippen LogP contribution is 2.35. The van der Waals surface area contributed by atoms with Crippen molar-refractivity contribution >= 4 is 35.1 Å². The maximum atomic E-state index is 14.3. The normalized spacial score (nSPS) is 18.6. The lowest BCUT2D eigenvalue weighted by molar-refractivity contribution is -0.139. The summed E-state index contributed by atoms with van der Waals surface area (Å²) in [7, 11) is 0. The van der Waals surface area contributed by atoms with E-state index in [9.17, 15) is 39.0 Å². The zero-order chi connectivity index (χ0) is 50.4. The largest absolute Gasteiger partial charge is 0.481 e. The van der Waals surface area contributed by atoms with Gasteiger partial charge in [-0.05, 0) is 106 Å². The third kappa shape index (κ3) is 13.9. The van der Waals surface area contributed by atoms with Crippen molar-refractivity contribution < 1.29 is 38.9 Å². The van der Waals surface area contributed by atoms with Gasteiger partial charge in [0.05, 0.1) is 66.5 Å². The molecule has 2 aliphatic heterocycles. The van der Waals surface area contributed by atoms with Crippen LogP contribution in [0.3, 0.4) is 0 Å². The molecule has 18 heteroatoms. The maximum Gasteiger partial charge on any atom is 0.305 e. The number of aryl methyl sites for hydroxylation is 1. The molecule has 69 heavy (non-hydrogen) atoms. The van der Waals surface area contributed by atoms with Crippen LogP contribution in [0.15, 0.2) is 83.2 Å². The van der Waals surface area contributed by atoms with Crippen LogP contribution in [0, 0.1) is 18.8 Å². The van der Waals surface area contributed by atoms with Gasteiger partial charge in [0.25, 0.3) is 11.1 Å². The average Bonchev–Trinajstić information content (AvgIpc) is 3.26. The molecule has 4 aromatic heterocycles. The summed E-state index contributed by atoms with van der Waals surface area (Å²) >= 11 is 0. The van der Waals surface area contributed by atoms with Gasteiger partial charge >= 0.3 is 11.9 Å². The molecule has 2 saturated heterocycles. The number of hydrogen-bond donors (Lipinski definition) is 4. The average molecular weight is 953 g/mol. The molecule has 18 nitrogen and oxygen atoms in total. The summed E-state index contributed by atoms with van der Waals surface area (Å²) < 4.78 is 15.2. The second-order valence-electron chi connectivity index (χ2n) is 20.5. The third-order valence-electron chi connectivity index (χ3n) is 12.4. The molecule has 0 saturated carbocycles. The van der Waals surface area contributed by atoms with Gasteiger partial charge in [0, 0.05) is 63.1 Å². The van der Waals surface area contributed by atoms with Gasteiger partial charge in [-0.25, -0.2) is 0 Å². The number of amides is 2. The maximum absolute atomic E-state index is 14.3. The Morgan fingerprint density at radius 2 is 1.20 bits per heavy atom. The quantitative estimate of drug-likeness (QED) is 0.0856. The summed E-state index contributed by atoms with van der Waals surface area (Å²) in [6, 6.07) is 6.30. The first-order valence-corrected chi connectivity index (χ1v) is 23.6. The first-order chi connectivity index (χ1) is 32.5. The van der Waals surface area contributed by atoms with E-state index in [1.807, 2.05) is 66.4 Å². The highest BCUT2D eigenvalue weighted by atomic mass is 16.5. The topological polar surface area (TPSA) is 228 Å². The summed E-state index contributed by atoms with van der Waals surface area (Å²) in [5, 5.41) is 25.8. The van der Waals surface area contributed by atoms with Crippen molar-refractivity contribution in [1.82, 2.24) is 29.7 Å². The van der Waals surface area contributed by atoms with Crippen LogP contribution in [-0.4, -0.2) is 97.1 Å². The molecule has 0 spiro atoms. The monoisotopic (exact) mass is 953 g/mol. The molecule has 6 heterocycles. The van der Waals surface area contributed by atoms with E-state index < -0.39 is 78.0 Å². The number of carbonyl (C=O) groups excluding carboxylic acids is 2. The number of aliphatic carboxylic acids is 2. The number of nitrogens with one attached hydrogen (secondary N) is 2. The van der Waals surface area contributed by atoms with Gasteiger partial charge in [0.1, 0.15) is 18.2 Å². The number of rotatable bonds is 19. The fourth-order valence-corrected chi connectivity index (χ4v) is 9.19. The summed E-state index contributed by atoms with van der Waals surface area (Å²) in [6.07, 6.45) is 8.78. The van der Waals surface area contributed by atoms with Crippen molar-refractivity contribution in [3.8, 4) is 0 Å². The molecule has 372 valence electrons. The molecule has 5 atom stereocenters. The zero-order valence-corrected chi connectivity index (χ0v) is 41.2. The van der Waals surface area contributed by atoms with Crippen molar-refractivity contribution in [2.24, 2.45) is 11.8 Å². The lowest BCUT2D eigenvalue weighted by Crippen LogP contribution is -2.50. The molecule has 4 aromatic rings. The van der Waals surface area contributed by atoms with Gasteiger partial charge in [-0.1, -0.05) is 27.7 Å². The minimum absolute atomic E-state index is 0.0111. The van der Waals surface area contributed by atoms with Crippen LogP contribution >= 0.6 is 0 Å². The van der Waals surface area contributed by atoms with Crippen molar-refractivity contribution in [3.05, 3.63) is 117 Å². The molecule has 0 aromatic carbocycles. The van der Waals surface area contributed by atoms with Gasteiger partial charge in [-0.2, -0.15) is 0 Å². The summed E-state index contributed by atoms with van der Waals surface area (Å²) in [5.41, 5.74) is 1.82. The van der Waals surface area contributed by atoms with Gasteiger partial charge in [-0.15, -0.1) is 0 Å². The van der Waals surface area contributed by atoms with E-state index >= 15 is 0 Å². The molecule has 2 aliphatic rings. The molecule has 6 rings (SSSR count). The predicted molar refractivity (Wildman–Crippen MR) is 260 cm³/mol. The van der Waals surface area contributed by atoms with E-state index in [2.05, 4.69) is 25.5 Å². The third-order valence-corrected chi connectivity index (χ3v) is 12.4. The van der Waals surface area contributed by atoms with Crippen LogP contribution in [0.4, 0.5) is 11.4 Å². The number of aromatic nitrogens is 4. The molecule has 0 radical (unpaired) electrons. The minimum atomic E-state index is -1.13. The Morgan fingerprint density at radius 1 is 0.710 bits per heavy atom. The van der Waals surface area contributed by atoms with Crippen LogP contribution in [0.25, 0.3) is 0 Å². The lowest BCUT2D eigenvalue weighted by atomic mass is 9.98. The Balaban J connectivity index is 1.23. The standard InChI is InChI=1S/C51H68N8O10/c1-31(2)16-41(58-12-10-33(5)18-44(58)60)48(66)55-40(23-47(64)65)36-20-38(27-53-25-36)57-28-43(69-51(8,9)30-57)34-11-13-59(45(61)21-34)42(17-32(3)4)49(67)54-39(22-46(62)63)35-19-37(26-52-24-35)56-14-15-68-50(6,7)29-56/h10-13,18-21,24-27,31-32,39-43H,14-17,22-23,28-30H2,1-9H3,(H,54,67)(H,55,66)(H,62,63)(H,64,65)/t39-,40-,41-,42+,43?/m0/s1. The van der Waals surface area contributed by atoms with Crippen LogP contribution in [0.5, 0.6) is 0 Å². The van der Waals surface area contributed by atoms with E-state index in [0.717, 1.165) is 11.3 Å². The highest BCUT2D eigenvalue weighted by Gasteiger charge is 2.36. The van der Waals surface area contributed by atoms with Crippen LogP contribution in [-0.2, 0) is 28.7 Å². The summed E-state index contributed by atoms with van der Waals surface area (Å²) in [4.78, 5) is 92.8. The molecular formula is C51H68N8O10. The Morgan fingerprint density at radius 3 is 1.68 bits per heavy atom. The van der Waals surface area contributed by atoms with Gasteiger partial charge in [0.15, 0.2) is 0 Å². The van der Waals surface area contributed by atoms with E-state index in [1.165, 1.54) is 27.5 Å². The molecule has 1 unspecified atom stereocenters. The number of morpholine rings is 2. The Labute approximate surface area is 403 Å². The van der Waals surface area contributed by atoms with Gasteiger partial charge < -0.3 is 49.3 Å². The number of ether oxygens (including phenoxy) is 2. The fraction of sp³-hybridized carbons (Fsp3) is 0.529. The van der Waals surface area contributed by atoms with Gasteiger partial charge in [-0.3, -0.25) is 38.7 Å². The summed E-state index contributed by atoms with van der Waals surface area (Å²) in [5.74, 6) is -3.20. The Bertz CT molecular complexity index is 2610. The number of carboxylic acids is 2. The smallest absolute Gasteiger partial charge is 0.305 e. The molecule has 2 fully saturated rings. The molecule has 0 bridgehead atoms. The van der Waals surface area contributed by atoms with Crippen LogP contribution in [0.1, 0.15) is 134 Å². The number of hydrogen-bond acceptors (Lipinski definition) is 12. The second-order valence-corrected chi connectivity index (χ2v) is 20.5. The van der Waals surface area contributed by atoms with Gasteiger partial charge in [0.2, 0.25) is 11.8 Å². The van der Waals surface area contributed by atoms with E-state index in [-0.39, 0.29) is 29.5 Å². The van der Waals surface area contributed by atoms with Crippen molar-refractivity contribution in [1.29, 1.82) is 0 Å². The molecule has 0 aliphatic carbocycles. The van der Waals surface area contributed by atoms with Crippen molar-refractivity contribution in [2.45, 2.75) is 129 Å². The molecular weight excluding hydrogens is 885 g/mol. The Hall–Kier alpha value is -6.40. The SMILES string of the molecule is Cc1ccn([C@@H](CC(C)C)C(=O)N[C@@H](CC(=O)O)c2cncc(N3CC(c4ccn([C@H](CC(C)C)C(=O)N[C@@H](CC(=O)O)c5cncc(N6CCOC(C)(C)C6)c5)c(=O)c4)OC(C)(C)C3)c2)c(=O)c1. The highest BCUT2D eigenvalue weighted by molar-refractivity contribution is 5.82. The van der Waals surface area contributed by atoms with E-state index in [1.54, 1.807) is 56.1 Å². The first-order valence-electron chi connectivity index (χ1n) is 23.6. The first kappa shape index (κ1) is 52.0. The summed E-state index contributed by atoms with van der Waals surface area (Å²) in [6.45, 7) is 19.8. The fourth-order valence-electron chi connectivity index (χ4n) is 9.19. The number of anilines is 2. The lowest BCUT2D eigenvalue weighted by Gasteiger charge is -2.44. The number of carboxylic acid groups (broad SMARTS) is 2. The number of carbonyl (C=O) groups is 4. The van der Waals surface area contributed by atoms with Crippen molar-refractivity contribution in [2.75, 3.05) is 42.6 Å². The molecule has 2 amide bonds. The van der Waals surface area contributed by atoms with Crippen LogP contribution in [0.2, 0.25) is 0 Å². The van der Waals surface area contributed by atoms with E-state index in [4.69, 9.17) is 9.47 Å². The van der Waals surface area contributed by atoms with Crippen LogP contribution < -0.4 is 31.6 Å². The second kappa shape index (κ2) is 21.9. The van der Waals surface area contributed by atoms with E-state index in [0.29, 0.717) is 61.5 Å². The zero-order valence-electron chi connectivity index (χ0n) is 41.2. The number of nitrogens with zero attached hydrogens (tertiary/aromatic N) is 6. The predicted octanol–water partition coefficient (Wildman–Crippen LogP) is 5.92. The Kier molecular flexibility index (Phi) is 16.5. The molecule has 4 N–H and O–H groups in total. The number of pyridine rings is 4. The van der Waals surface area contributed by atoms with Crippen molar-refractivity contribution in [3.63, 3.8) is 0 Å². The minimum Gasteiger partial charge on any atom is -0.481 e.